The quantitative estimate of drug-likeness (QED) is 0.345. The van der Waals surface area contributed by atoms with Crippen LogP contribution in [0.1, 0.15) is 117 Å². The van der Waals surface area contributed by atoms with E-state index in [9.17, 15) is 4.79 Å². The third-order valence-electron chi connectivity index (χ3n) is 7.98. The normalized spacial score (nSPS) is 32.1. The highest BCUT2D eigenvalue weighted by Gasteiger charge is 2.30. The molecule has 0 amide bonds. The molecular weight excluding hydrogens is 356 g/mol. The van der Waals surface area contributed by atoms with E-state index in [1.807, 2.05) is 0 Å². The lowest BCUT2D eigenvalue weighted by Crippen LogP contribution is -2.30. The van der Waals surface area contributed by atoms with Crippen molar-refractivity contribution < 1.29 is 9.53 Å². The van der Waals surface area contributed by atoms with Gasteiger partial charge in [0.25, 0.3) is 0 Å². The Labute approximate surface area is 179 Å². The second-order valence-corrected chi connectivity index (χ2v) is 10.2. The molecule has 3 saturated carbocycles. The Kier molecular flexibility index (Phi) is 9.41. The first-order valence-corrected chi connectivity index (χ1v) is 12.9. The van der Waals surface area contributed by atoms with Crippen LogP contribution >= 0.6 is 0 Å². The third-order valence-corrected chi connectivity index (χ3v) is 7.98. The zero-order valence-corrected chi connectivity index (χ0v) is 19.1. The van der Waals surface area contributed by atoms with Gasteiger partial charge in [-0.3, -0.25) is 4.79 Å². The maximum atomic E-state index is 12.6. The number of carbonyl (C=O) groups is 1. The van der Waals surface area contributed by atoms with Crippen LogP contribution in [-0.2, 0) is 9.53 Å². The standard InChI is InChI=1S/C27H44O2/c1-3-4-8-22-11-13-23(14-12-22)15-16-24-17-19-26(20-18-24)27(28)29-21(2)25-9-6-5-7-10-25/h21-26H,3-14,17-20H2,1-2H3. The van der Waals surface area contributed by atoms with Gasteiger partial charge >= 0.3 is 5.97 Å². The lowest BCUT2D eigenvalue weighted by atomic mass is 9.79. The zero-order valence-electron chi connectivity index (χ0n) is 19.1. The summed E-state index contributed by atoms with van der Waals surface area (Å²) in [5.74, 6) is 10.1. The summed E-state index contributed by atoms with van der Waals surface area (Å²) in [5, 5.41) is 0. The Bertz CT molecular complexity index is 535. The molecule has 0 aromatic rings. The second kappa shape index (κ2) is 12.0. The predicted molar refractivity (Wildman–Crippen MR) is 120 cm³/mol. The monoisotopic (exact) mass is 400 g/mol. The molecule has 0 bridgehead atoms. The predicted octanol–water partition coefficient (Wildman–Crippen LogP) is 7.30. The lowest BCUT2D eigenvalue weighted by Gasteiger charge is -2.30. The number of unbranched alkanes of at least 4 members (excludes halogenated alkanes) is 1. The highest BCUT2D eigenvalue weighted by atomic mass is 16.5. The van der Waals surface area contributed by atoms with E-state index >= 15 is 0 Å². The molecule has 1 unspecified atom stereocenters. The highest BCUT2D eigenvalue weighted by Crippen LogP contribution is 2.34. The Hall–Kier alpha value is -0.970. The molecule has 0 heterocycles. The number of hydrogen-bond acceptors (Lipinski definition) is 2. The largest absolute Gasteiger partial charge is 0.462 e. The van der Waals surface area contributed by atoms with Crippen molar-refractivity contribution in [3.63, 3.8) is 0 Å². The van der Waals surface area contributed by atoms with Crippen LogP contribution in [0.15, 0.2) is 0 Å². The van der Waals surface area contributed by atoms with Crippen molar-refractivity contribution in [2.75, 3.05) is 0 Å². The molecule has 0 radical (unpaired) electrons. The molecule has 0 aliphatic heterocycles. The summed E-state index contributed by atoms with van der Waals surface area (Å²) in [4.78, 5) is 12.6. The van der Waals surface area contributed by atoms with E-state index in [1.54, 1.807) is 0 Å². The summed E-state index contributed by atoms with van der Waals surface area (Å²) in [6.45, 7) is 4.41. The molecule has 0 aromatic carbocycles. The van der Waals surface area contributed by atoms with E-state index in [2.05, 4.69) is 25.7 Å². The van der Waals surface area contributed by atoms with Crippen molar-refractivity contribution in [2.45, 2.75) is 123 Å². The fraction of sp³-hybridized carbons (Fsp3) is 0.889. The molecule has 2 heteroatoms. The fourth-order valence-electron chi connectivity index (χ4n) is 5.78. The van der Waals surface area contributed by atoms with Gasteiger partial charge < -0.3 is 4.74 Å². The summed E-state index contributed by atoms with van der Waals surface area (Å²) in [6.07, 6.45) is 20.2. The number of ether oxygens (including phenoxy) is 1. The minimum atomic E-state index is 0.0693. The molecular formula is C27H44O2. The van der Waals surface area contributed by atoms with Crippen molar-refractivity contribution >= 4 is 5.97 Å². The number of carbonyl (C=O) groups excluding carboxylic acids is 1. The third kappa shape index (κ3) is 7.34. The van der Waals surface area contributed by atoms with Crippen molar-refractivity contribution in [1.29, 1.82) is 0 Å². The fourth-order valence-corrected chi connectivity index (χ4v) is 5.78. The van der Waals surface area contributed by atoms with Gasteiger partial charge in [-0.05, 0) is 83.0 Å². The maximum Gasteiger partial charge on any atom is 0.309 e. The van der Waals surface area contributed by atoms with Crippen molar-refractivity contribution in [2.24, 2.45) is 29.6 Å². The highest BCUT2D eigenvalue weighted by molar-refractivity contribution is 5.72. The van der Waals surface area contributed by atoms with E-state index in [-0.39, 0.29) is 18.0 Å². The van der Waals surface area contributed by atoms with Gasteiger partial charge in [0.1, 0.15) is 6.10 Å². The molecule has 29 heavy (non-hydrogen) atoms. The Morgan fingerprint density at radius 2 is 1.45 bits per heavy atom. The topological polar surface area (TPSA) is 26.3 Å². The van der Waals surface area contributed by atoms with E-state index in [0.29, 0.717) is 17.8 Å². The average molecular weight is 401 g/mol. The molecule has 0 aromatic heterocycles. The zero-order chi connectivity index (χ0) is 20.5. The molecule has 3 aliphatic carbocycles. The van der Waals surface area contributed by atoms with Gasteiger partial charge in [-0.25, -0.2) is 0 Å². The first-order valence-electron chi connectivity index (χ1n) is 12.9. The second-order valence-electron chi connectivity index (χ2n) is 10.2. The van der Waals surface area contributed by atoms with Gasteiger partial charge in [-0.1, -0.05) is 57.3 Å². The van der Waals surface area contributed by atoms with E-state index < -0.39 is 0 Å². The lowest BCUT2D eigenvalue weighted by molar-refractivity contribution is -0.157. The Morgan fingerprint density at radius 1 is 0.862 bits per heavy atom. The molecule has 3 aliphatic rings. The molecule has 164 valence electrons. The summed E-state index contributed by atoms with van der Waals surface area (Å²) < 4.78 is 5.88. The van der Waals surface area contributed by atoms with Crippen molar-refractivity contribution in [3.8, 4) is 11.8 Å². The van der Waals surface area contributed by atoms with Gasteiger partial charge in [-0.15, -0.1) is 0 Å². The Balaban J connectivity index is 1.34. The summed E-state index contributed by atoms with van der Waals surface area (Å²) in [7, 11) is 0. The van der Waals surface area contributed by atoms with E-state index in [0.717, 1.165) is 31.6 Å². The molecule has 0 saturated heterocycles. The Morgan fingerprint density at radius 3 is 2.03 bits per heavy atom. The van der Waals surface area contributed by atoms with Crippen LogP contribution in [0.3, 0.4) is 0 Å². The SMILES string of the molecule is CCCCC1CCC(C#CC2CCC(C(=O)OC(C)C3CCCCC3)CC2)CC1. The van der Waals surface area contributed by atoms with Crippen LogP contribution in [0.2, 0.25) is 0 Å². The maximum absolute atomic E-state index is 12.6. The summed E-state index contributed by atoms with van der Waals surface area (Å²) in [5.41, 5.74) is 0. The first-order chi connectivity index (χ1) is 14.2. The molecule has 3 rings (SSSR count). The van der Waals surface area contributed by atoms with E-state index in [1.165, 1.54) is 77.0 Å². The van der Waals surface area contributed by atoms with Gasteiger partial charge in [0, 0.05) is 11.8 Å². The number of rotatable bonds is 6. The average Bonchev–Trinajstić information content (AvgIpc) is 2.78. The van der Waals surface area contributed by atoms with Crippen LogP contribution in [0, 0.1) is 41.4 Å². The van der Waals surface area contributed by atoms with Crippen LogP contribution < -0.4 is 0 Å². The summed E-state index contributed by atoms with van der Waals surface area (Å²) >= 11 is 0. The van der Waals surface area contributed by atoms with Gasteiger partial charge in [0.05, 0.1) is 5.92 Å². The minimum Gasteiger partial charge on any atom is -0.462 e. The molecule has 1 atom stereocenters. The van der Waals surface area contributed by atoms with Crippen LogP contribution in [0.25, 0.3) is 0 Å². The molecule has 2 nitrogen and oxygen atoms in total. The smallest absolute Gasteiger partial charge is 0.309 e. The van der Waals surface area contributed by atoms with E-state index in [4.69, 9.17) is 4.74 Å². The molecule has 0 N–H and O–H groups in total. The van der Waals surface area contributed by atoms with Crippen molar-refractivity contribution in [3.05, 3.63) is 0 Å². The van der Waals surface area contributed by atoms with Crippen molar-refractivity contribution in [1.82, 2.24) is 0 Å². The molecule has 0 spiro atoms. The number of esters is 1. The minimum absolute atomic E-state index is 0.0693. The van der Waals surface area contributed by atoms with Gasteiger partial charge in [0.15, 0.2) is 0 Å². The van der Waals surface area contributed by atoms with Gasteiger partial charge in [-0.2, -0.15) is 0 Å². The van der Waals surface area contributed by atoms with Gasteiger partial charge in [0.2, 0.25) is 0 Å². The van der Waals surface area contributed by atoms with Crippen LogP contribution in [0.4, 0.5) is 0 Å². The summed E-state index contributed by atoms with van der Waals surface area (Å²) in [6, 6.07) is 0. The molecule has 3 fully saturated rings. The number of hydrogen-bond donors (Lipinski definition) is 0. The first kappa shape index (κ1) is 22.7. The van der Waals surface area contributed by atoms with Crippen LogP contribution in [0.5, 0.6) is 0 Å². The van der Waals surface area contributed by atoms with Crippen LogP contribution in [-0.4, -0.2) is 12.1 Å².